The lowest BCUT2D eigenvalue weighted by atomic mass is 9.95. The molecule has 1 aliphatic rings. The number of hydrogen-bond acceptors (Lipinski definition) is 8. The van der Waals surface area contributed by atoms with Gasteiger partial charge in [0, 0.05) is 23.2 Å². The van der Waals surface area contributed by atoms with Crippen molar-refractivity contribution in [2.24, 2.45) is 17.8 Å². The van der Waals surface area contributed by atoms with E-state index in [1.807, 2.05) is 13.8 Å². The van der Waals surface area contributed by atoms with Crippen LogP contribution in [0.3, 0.4) is 0 Å². The maximum Gasteiger partial charge on any atom is 0.357 e. The van der Waals surface area contributed by atoms with Crippen molar-refractivity contribution in [3.63, 3.8) is 0 Å². The van der Waals surface area contributed by atoms with Gasteiger partial charge in [-0.2, -0.15) is 0 Å². The van der Waals surface area contributed by atoms with Crippen molar-refractivity contribution in [3.8, 4) is 16.9 Å². The molecule has 2 aromatic rings. The molecule has 0 bridgehead atoms. The number of aromatic carboxylic acids is 1. The molecule has 1 atom stereocenters. The molecule has 10 nitrogen and oxygen atoms in total. The summed E-state index contributed by atoms with van der Waals surface area (Å²) >= 11 is 0. The van der Waals surface area contributed by atoms with Gasteiger partial charge in [-0.05, 0) is 48.9 Å². The number of pyridine rings is 1. The lowest BCUT2D eigenvalue weighted by molar-refractivity contribution is -0.150. The highest BCUT2D eigenvalue weighted by molar-refractivity contribution is 6.03. The van der Waals surface area contributed by atoms with Crippen molar-refractivity contribution in [1.29, 1.82) is 0 Å². The van der Waals surface area contributed by atoms with Crippen LogP contribution in [0.1, 0.15) is 70.5 Å². The lowest BCUT2D eigenvalue weighted by Crippen LogP contribution is -2.27. The fraction of sp³-hybridized carbons (Fsp3) is 0.414. The summed E-state index contributed by atoms with van der Waals surface area (Å²) < 4.78 is 15.9. The molecule has 1 aromatic heterocycles. The highest BCUT2D eigenvalue weighted by Crippen LogP contribution is 2.34. The van der Waals surface area contributed by atoms with Crippen molar-refractivity contribution >= 4 is 29.9 Å². The molecule has 1 amide bonds. The molecule has 0 saturated heterocycles. The van der Waals surface area contributed by atoms with E-state index in [2.05, 4.69) is 16.9 Å². The Morgan fingerprint density at radius 2 is 1.79 bits per heavy atom. The molecule has 1 fully saturated rings. The standard InChI is InChI=1S/C29H34N2O8/c1-6-19-13-22(27(33)34)21(14-24(19)37-5)20-9-10-23(26(32)30-15-18-7-8-18)31-25(20)29(36)39-12-11-38-28(35)17(4)16(2)3/h6,9-10,13-14,16-18H,1,7-8,11-12,15H2,2-5H3,(H,30,32)(H,33,34)/t17-/m0/s1. The quantitative estimate of drug-likeness (QED) is 0.283. The van der Waals surface area contributed by atoms with Crippen LogP contribution in [0.25, 0.3) is 17.2 Å². The Hall–Kier alpha value is -4.21. The maximum absolute atomic E-state index is 13.2. The minimum absolute atomic E-state index is 0.0184. The van der Waals surface area contributed by atoms with E-state index in [1.165, 1.54) is 37.5 Å². The van der Waals surface area contributed by atoms with Crippen LogP contribution >= 0.6 is 0 Å². The molecule has 1 saturated carbocycles. The van der Waals surface area contributed by atoms with E-state index in [-0.39, 0.29) is 53.1 Å². The van der Waals surface area contributed by atoms with Crippen LogP contribution in [0.4, 0.5) is 0 Å². The number of aromatic nitrogens is 1. The molecule has 0 unspecified atom stereocenters. The first-order valence-corrected chi connectivity index (χ1v) is 12.8. The zero-order valence-corrected chi connectivity index (χ0v) is 22.6. The average Bonchev–Trinajstić information content (AvgIpc) is 3.76. The molecule has 1 aromatic carbocycles. The lowest BCUT2D eigenvalue weighted by Gasteiger charge is -2.16. The van der Waals surface area contributed by atoms with Gasteiger partial charge in [0.25, 0.3) is 5.91 Å². The third-order valence-electron chi connectivity index (χ3n) is 6.61. The summed E-state index contributed by atoms with van der Waals surface area (Å²) in [6.45, 7) is 9.32. The van der Waals surface area contributed by atoms with Crippen LogP contribution in [-0.2, 0) is 14.3 Å². The van der Waals surface area contributed by atoms with Crippen LogP contribution in [0.15, 0.2) is 30.8 Å². The number of ether oxygens (including phenoxy) is 3. The summed E-state index contributed by atoms with van der Waals surface area (Å²) in [7, 11) is 1.43. The number of nitrogens with one attached hydrogen (secondary N) is 1. The van der Waals surface area contributed by atoms with Crippen molar-refractivity contribution in [2.45, 2.75) is 33.6 Å². The molecule has 39 heavy (non-hydrogen) atoms. The zero-order valence-electron chi connectivity index (χ0n) is 22.6. The Labute approximate surface area is 227 Å². The SMILES string of the molecule is C=Cc1cc(C(=O)O)c(-c2ccc(C(=O)NCC3CC3)nc2C(=O)OCCOC(=O)[C@@H](C)C(C)C)cc1OC. The van der Waals surface area contributed by atoms with Crippen LogP contribution in [0.5, 0.6) is 5.75 Å². The third-order valence-corrected chi connectivity index (χ3v) is 6.61. The Kier molecular flexibility index (Phi) is 9.81. The van der Waals surface area contributed by atoms with Crippen LogP contribution < -0.4 is 10.1 Å². The van der Waals surface area contributed by atoms with Gasteiger partial charge in [0.05, 0.1) is 18.6 Å². The van der Waals surface area contributed by atoms with E-state index in [0.29, 0.717) is 23.8 Å². The van der Waals surface area contributed by atoms with Gasteiger partial charge in [-0.25, -0.2) is 14.6 Å². The number of benzene rings is 1. The number of hydrogen-bond donors (Lipinski definition) is 2. The van der Waals surface area contributed by atoms with Crippen LogP contribution in [-0.4, -0.2) is 60.8 Å². The first-order chi connectivity index (χ1) is 18.6. The Bertz CT molecular complexity index is 1270. The van der Waals surface area contributed by atoms with E-state index >= 15 is 0 Å². The fourth-order valence-corrected chi connectivity index (χ4v) is 3.69. The second kappa shape index (κ2) is 13.0. The summed E-state index contributed by atoms with van der Waals surface area (Å²) in [6, 6.07) is 5.72. The molecule has 0 spiro atoms. The smallest absolute Gasteiger partial charge is 0.357 e. The molecule has 208 valence electrons. The van der Waals surface area contributed by atoms with Gasteiger partial charge < -0.3 is 24.6 Å². The molecular weight excluding hydrogens is 504 g/mol. The fourth-order valence-electron chi connectivity index (χ4n) is 3.69. The highest BCUT2D eigenvalue weighted by atomic mass is 16.6. The van der Waals surface area contributed by atoms with Crippen molar-refractivity contribution in [1.82, 2.24) is 10.3 Å². The number of carboxylic acid groups (broad SMARTS) is 1. The van der Waals surface area contributed by atoms with Crippen molar-refractivity contribution in [3.05, 3.63) is 53.4 Å². The Morgan fingerprint density at radius 1 is 1.10 bits per heavy atom. The molecule has 10 heteroatoms. The monoisotopic (exact) mass is 538 g/mol. The number of rotatable bonds is 13. The number of carbonyl (C=O) groups is 4. The minimum atomic E-state index is -1.24. The largest absolute Gasteiger partial charge is 0.496 e. The van der Waals surface area contributed by atoms with Gasteiger partial charge >= 0.3 is 17.9 Å². The second-order valence-corrected chi connectivity index (χ2v) is 9.73. The van der Waals surface area contributed by atoms with Gasteiger partial charge in [-0.15, -0.1) is 0 Å². The minimum Gasteiger partial charge on any atom is -0.496 e. The van der Waals surface area contributed by atoms with Gasteiger partial charge in [0.2, 0.25) is 0 Å². The summed E-state index contributed by atoms with van der Waals surface area (Å²) in [4.78, 5) is 54.4. The van der Waals surface area contributed by atoms with Crippen LogP contribution in [0.2, 0.25) is 0 Å². The molecule has 0 aliphatic heterocycles. The number of carbonyl (C=O) groups excluding carboxylic acids is 3. The van der Waals surface area contributed by atoms with E-state index < -0.39 is 23.8 Å². The van der Waals surface area contributed by atoms with E-state index in [1.54, 1.807) is 6.92 Å². The van der Waals surface area contributed by atoms with E-state index in [4.69, 9.17) is 14.2 Å². The summed E-state index contributed by atoms with van der Waals surface area (Å²) in [5.74, 6) is -2.47. The molecule has 2 N–H and O–H groups in total. The maximum atomic E-state index is 13.2. The molecular formula is C29H34N2O8. The average molecular weight is 539 g/mol. The third kappa shape index (κ3) is 7.43. The number of carboxylic acids is 1. The molecule has 3 rings (SSSR count). The number of esters is 2. The summed E-state index contributed by atoms with van der Waals surface area (Å²) in [5.41, 5.74) is 0.331. The van der Waals surface area contributed by atoms with Crippen molar-refractivity contribution < 1.29 is 38.5 Å². The second-order valence-electron chi connectivity index (χ2n) is 9.73. The molecule has 1 heterocycles. The summed E-state index contributed by atoms with van der Waals surface area (Å²) in [5, 5.41) is 12.7. The van der Waals surface area contributed by atoms with E-state index in [0.717, 1.165) is 12.8 Å². The number of amides is 1. The van der Waals surface area contributed by atoms with Crippen molar-refractivity contribution in [2.75, 3.05) is 26.9 Å². The highest BCUT2D eigenvalue weighted by Gasteiger charge is 2.26. The van der Waals surface area contributed by atoms with E-state index in [9.17, 15) is 24.3 Å². The zero-order chi connectivity index (χ0) is 28.7. The predicted octanol–water partition coefficient (Wildman–Crippen LogP) is 4.23. The Balaban J connectivity index is 1.94. The number of nitrogens with zero attached hydrogens (tertiary/aromatic N) is 1. The first kappa shape index (κ1) is 29.3. The Morgan fingerprint density at radius 3 is 2.38 bits per heavy atom. The van der Waals surface area contributed by atoms with Gasteiger partial charge in [-0.1, -0.05) is 33.4 Å². The normalized spacial score (nSPS) is 13.4. The van der Waals surface area contributed by atoms with Crippen LogP contribution in [0, 0.1) is 17.8 Å². The number of methoxy groups -OCH3 is 1. The molecule has 0 radical (unpaired) electrons. The predicted molar refractivity (Wildman–Crippen MR) is 144 cm³/mol. The topological polar surface area (TPSA) is 141 Å². The van der Waals surface area contributed by atoms with Gasteiger partial charge in [-0.3, -0.25) is 9.59 Å². The first-order valence-electron chi connectivity index (χ1n) is 12.8. The van der Waals surface area contributed by atoms with Gasteiger partial charge in [0.15, 0.2) is 5.69 Å². The molecule has 1 aliphatic carbocycles. The summed E-state index contributed by atoms with van der Waals surface area (Å²) in [6.07, 6.45) is 3.55. The van der Waals surface area contributed by atoms with Gasteiger partial charge in [0.1, 0.15) is 24.7 Å².